The number of amides is 1. The molecule has 0 saturated heterocycles. The van der Waals surface area contributed by atoms with Crippen LogP contribution in [0.4, 0.5) is 0 Å². The molecule has 0 heterocycles. The number of nitrogens with one attached hydrogen (secondary N) is 1. The molecule has 0 aliphatic rings. The minimum absolute atomic E-state index is 0. The van der Waals surface area contributed by atoms with Crippen LogP contribution in [0.2, 0.25) is 0 Å². The molecule has 0 unspecified atom stereocenters. The van der Waals surface area contributed by atoms with Crippen molar-refractivity contribution in [1.29, 1.82) is 0 Å². The molecule has 0 aliphatic heterocycles. The summed E-state index contributed by atoms with van der Waals surface area (Å²) in [5.41, 5.74) is 1.38. The Morgan fingerprint density at radius 2 is 1.92 bits per heavy atom. The van der Waals surface area contributed by atoms with E-state index in [4.69, 9.17) is 0 Å². The third-order valence-electron chi connectivity index (χ3n) is 1.80. The van der Waals surface area contributed by atoms with E-state index in [0.717, 1.165) is 25.2 Å². The third-order valence-corrected chi connectivity index (χ3v) is 1.80. The molecule has 0 bridgehead atoms. The number of carbonyl (C=O) groups is 1. The van der Waals surface area contributed by atoms with Gasteiger partial charge in [0.1, 0.15) is 0 Å². The van der Waals surface area contributed by atoms with Crippen molar-refractivity contribution >= 4 is 5.91 Å². The van der Waals surface area contributed by atoms with Crippen LogP contribution in [-0.2, 0) is 4.79 Å². The average molecular weight is 195 g/mol. The van der Waals surface area contributed by atoms with Crippen LogP contribution in [0, 0.1) is 11.1 Å². The van der Waals surface area contributed by atoms with Crippen molar-refractivity contribution in [3.63, 3.8) is 0 Å². The maximum absolute atomic E-state index is 10.5. The predicted octanol–water partition coefficient (Wildman–Crippen LogP) is -0.789. The van der Waals surface area contributed by atoms with Gasteiger partial charge >= 0.3 is 29.6 Å². The van der Waals surface area contributed by atoms with Gasteiger partial charge in [-0.2, -0.15) is 0 Å². The molecule has 0 radical (unpaired) electrons. The largest absolute Gasteiger partial charge is 1.00 e. The Kier molecular flexibility index (Phi) is 12.8. The molecule has 0 aromatic rings. The minimum Gasteiger partial charge on any atom is -0.759 e. The van der Waals surface area contributed by atoms with Crippen LogP contribution in [-0.4, -0.2) is 5.91 Å². The Morgan fingerprint density at radius 3 is 2.38 bits per heavy atom. The van der Waals surface area contributed by atoms with Crippen molar-refractivity contribution in [3.8, 4) is 0 Å². The smallest absolute Gasteiger partial charge is 0.759 e. The maximum atomic E-state index is 10.5. The van der Waals surface area contributed by atoms with E-state index in [1.807, 2.05) is 0 Å². The summed E-state index contributed by atoms with van der Waals surface area (Å²) in [5.74, 6) is 0.345. The molecule has 72 valence electrons. The molecule has 0 rings (SSSR count). The van der Waals surface area contributed by atoms with Crippen LogP contribution in [0.15, 0.2) is 0 Å². The molecule has 0 aromatic heterocycles. The molecule has 1 amide bonds. The molecular formula is C9H18NNaO2. The van der Waals surface area contributed by atoms with E-state index in [1.54, 1.807) is 0 Å². The first-order valence-corrected chi connectivity index (χ1v) is 4.57. The van der Waals surface area contributed by atoms with Crippen molar-refractivity contribution in [3.05, 3.63) is 5.21 Å². The van der Waals surface area contributed by atoms with Gasteiger partial charge in [-0.15, -0.1) is 0 Å². The van der Waals surface area contributed by atoms with Crippen molar-refractivity contribution in [1.82, 2.24) is 5.48 Å². The zero-order valence-corrected chi connectivity index (χ0v) is 10.9. The number of rotatable bonds is 6. The molecule has 0 fully saturated rings. The summed E-state index contributed by atoms with van der Waals surface area (Å²) in [6.45, 7) is 4.37. The zero-order chi connectivity index (χ0) is 9.40. The summed E-state index contributed by atoms with van der Waals surface area (Å²) >= 11 is 0. The minimum atomic E-state index is -0.389. The standard InChI is InChI=1S/C9H18NO2.Na/c1-8(2)6-4-3-5-7-9(11)10-12;/h8H,3-7H2,1-2H3,(H-,10,11,12);/q-1;+1. The molecule has 4 heteroatoms. The zero-order valence-electron chi connectivity index (χ0n) is 8.93. The van der Waals surface area contributed by atoms with Crippen molar-refractivity contribution in [2.75, 3.05) is 0 Å². The van der Waals surface area contributed by atoms with Crippen molar-refractivity contribution in [2.24, 2.45) is 5.92 Å². The normalized spacial score (nSPS) is 9.54. The quantitative estimate of drug-likeness (QED) is 0.343. The third kappa shape index (κ3) is 12.4. The summed E-state index contributed by atoms with van der Waals surface area (Å²) in [6, 6.07) is 0. The van der Waals surface area contributed by atoms with E-state index in [-0.39, 0.29) is 35.5 Å². The fourth-order valence-electron chi connectivity index (χ4n) is 1.07. The Morgan fingerprint density at radius 1 is 1.31 bits per heavy atom. The van der Waals surface area contributed by atoms with E-state index in [1.165, 1.54) is 11.9 Å². The first-order chi connectivity index (χ1) is 5.66. The molecule has 1 N–H and O–H groups in total. The van der Waals surface area contributed by atoms with Crippen LogP contribution < -0.4 is 35.0 Å². The second kappa shape index (κ2) is 10.5. The Bertz CT molecular complexity index is 129. The van der Waals surface area contributed by atoms with Gasteiger partial charge in [0, 0.05) is 6.42 Å². The van der Waals surface area contributed by atoms with E-state index in [2.05, 4.69) is 13.8 Å². The SMILES string of the molecule is CC(C)CCCCCC(=O)N[O-].[Na+]. The monoisotopic (exact) mass is 195 g/mol. The van der Waals surface area contributed by atoms with Crippen LogP contribution >= 0.6 is 0 Å². The summed E-state index contributed by atoms with van der Waals surface area (Å²) in [4.78, 5) is 10.5. The molecule has 13 heavy (non-hydrogen) atoms. The van der Waals surface area contributed by atoms with Gasteiger partial charge in [0.05, 0.1) is 0 Å². The van der Waals surface area contributed by atoms with Crippen LogP contribution in [0.5, 0.6) is 0 Å². The molecule has 0 atom stereocenters. The van der Waals surface area contributed by atoms with Gasteiger partial charge in [-0.1, -0.05) is 33.1 Å². The molecule has 0 aliphatic carbocycles. The molecule has 0 spiro atoms. The predicted molar refractivity (Wildman–Crippen MR) is 49.4 cm³/mol. The number of carbonyl (C=O) groups excluding carboxylic acids is 1. The Labute approximate surface area is 103 Å². The fraction of sp³-hybridized carbons (Fsp3) is 0.889. The summed E-state index contributed by atoms with van der Waals surface area (Å²) < 4.78 is 0. The van der Waals surface area contributed by atoms with Gasteiger partial charge in [0.2, 0.25) is 5.91 Å². The number of hydroxylamine groups is 1. The number of hydrogen-bond acceptors (Lipinski definition) is 2. The first-order valence-electron chi connectivity index (χ1n) is 4.57. The number of hydrogen-bond donors (Lipinski definition) is 1. The van der Waals surface area contributed by atoms with Crippen LogP contribution in [0.1, 0.15) is 46.0 Å². The molecule has 3 nitrogen and oxygen atoms in total. The summed E-state index contributed by atoms with van der Waals surface area (Å²) in [5, 5.41) is 9.80. The van der Waals surface area contributed by atoms with Crippen LogP contribution in [0.25, 0.3) is 0 Å². The molecule has 0 saturated carbocycles. The van der Waals surface area contributed by atoms with Gasteiger partial charge in [0.25, 0.3) is 0 Å². The molecule has 0 aromatic carbocycles. The van der Waals surface area contributed by atoms with E-state index in [0.29, 0.717) is 6.42 Å². The van der Waals surface area contributed by atoms with Gasteiger partial charge in [-0.3, -0.25) is 4.79 Å². The van der Waals surface area contributed by atoms with Crippen molar-refractivity contribution in [2.45, 2.75) is 46.0 Å². The summed E-state index contributed by atoms with van der Waals surface area (Å²) in [7, 11) is 0. The number of unbranched alkanes of at least 4 members (excludes halogenated alkanes) is 2. The van der Waals surface area contributed by atoms with E-state index >= 15 is 0 Å². The van der Waals surface area contributed by atoms with E-state index in [9.17, 15) is 10.0 Å². The van der Waals surface area contributed by atoms with Crippen molar-refractivity contribution < 1.29 is 34.4 Å². The second-order valence-corrected chi connectivity index (χ2v) is 3.52. The fourth-order valence-corrected chi connectivity index (χ4v) is 1.07. The molecular weight excluding hydrogens is 177 g/mol. The average Bonchev–Trinajstić information content (AvgIpc) is 2.03. The van der Waals surface area contributed by atoms with Gasteiger partial charge in [-0.25, -0.2) is 0 Å². The van der Waals surface area contributed by atoms with Gasteiger partial charge in [-0.05, 0) is 12.3 Å². The first kappa shape index (κ1) is 15.9. The second-order valence-electron chi connectivity index (χ2n) is 3.52. The van der Waals surface area contributed by atoms with Crippen LogP contribution in [0.3, 0.4) is 0 Å². The Hall–Kier alpha value is 0.430. The van der Waals surface area contributed by atoms with Gasteiger partial charge < -0.3 is 10.7 Å². The topological polar surface area (TPSA) is 52.2 Å². The van der Waals surface area contributed by atoms with E-state index < -0.39 is 0 Å². The maximum Gasteiger partial charge on any atom is 1.00 e. The summed E-state index contributed by atoms with van der Waals surface area (Å²) in [6.07, 6.45) is 4.62. The van der Waals surface area contributed by atoms with Gasteiger partial charge in [0.15, 0.2) is 0 Å². The Balaban J connectivity index is 0.